The molecule has 1 atom stereocenters. The van der Waals surface area contributed by atoms with Crippen LogP contribution in [0.3, 0.4) is 0 Å². The molecule has 1 aromatic rings. The van der Waals surface area contributed by atoms with Gasteiger partial charge in [-0.1, -0.05) is 23.2 Å². The molecule has 0 saturated carbocycles. The van der Waals surface area contributed by atoms with Crippen molar-refractivity contribution in [3.05, 3.63) is 28.2 Å². The normalized spacial score (nSPS) is 20.9. The van der Waals surface area contributed by atoms with Crippen LogP contribution in [0, 0.1) is 0 Å². The Morgan fingerprint density at radius 1 is 1.42 bits per heavy atom. The topological polar surface area (TPSA) is 46.6 Å². The third kappa shape index (κ3) is 3.06. The Morgan fingerprint density at radius 3 is 2.79 bits per heavy atom. The predicted molar refractivity (Wildman–Crippen MR) is 75.3 cm³/mol. The molecule has 1 fully saturated rings. The summed E-state index contributed by atoms with van der Waals surface area (Å²) in [5.41, 5.74) is 0. The number of halogens is 2. The van der Waals surface area contributed by atoms with Gasteiger partial charge in [0.2, 0.25) is 10.0 Å². The summed E-state index contributed by atoms with van der Waals surface area (Å²) < 4.78 is 31.7. The molecule has 0 N–H and O–H groups in total. The van der Waals surface area contributed by atoms with Crippen LogP contribution >= 0.6 is 23.2 Å². The molecular formula is C12H15Cl2NO3S. The molecular weight excluding hydrogens is 309 g/mol. The van der Waals surface area contributed by atoms with Gasteiger partial charge in [0.1, 0.15) is 4.90 Å². The number of benzene rings is 1. The Bertz CT molecular complexity index is 562. The zero-order chi connectivity index (χ0) is 14.0. The maximum absolute atomic E-state index is 12.6. The summed E-state index contributed by atoms with van der Waals surface area (Å²) in [5.74, 6) is 0. The number of methoxy groups -OCH3 is 1. The number of sulfonamides is 1. The van der Waals surface area contributed by atoms with Gasteiger partial charge >= 0.3 is 0 Å². The van der Waals surface area contributed by atoms with Crippen molar-refractivity contribution in [2.45, 2.75) is 23.8 Å². The SMILES string of the molecule is COCC1CCCN1S(=O)(=O)c1ccc(Cl)cc1Cl. The van der Waals surface area contributed by atoms with Crippen LogP contribution in [0.25, 0.3) is 0 Å². The van der Waals surface area contributed by atoms with Gasteiger partial charge in [0, 0.05) is 24.7 Å². The Labute approximate surface area is 123 Å². The fraction of sp³-hybridized carbons (Fsp3) is 0.500. The maximum Gasteiger partial charge on any atom is 0.244 e. The van der Waals surface area contributed by atoms with Gasteiger partial charge in [-0.25, -0.2) is 8.42 Å². The molecule has 0 aromatic heterocycles. The minimum absolute atomic E-state index is 0.0987. The quantitative estimate of drug-likeness (QED) is 0.856. The molecule has 106 valence electrons. The number of hydrogen-bond donors (Lipinski definition) is 0. The summed E-state index contributed by atoms with van der Waals surface area (Å²) in [7, 11) is -2.03. The second-order valence-electron chi connectivity index (χ2n) is 4.44. The zero-order valence-corrected chi connectivity index (χ0v) is 12.8. The molecule has 1 heterocycles. The van der Waals surface area contributed by atoms with Crippen LogP contribution in [0.1, 0.15) is 12.8 Å². The first kappa shape index (κ1) is 15.1. The highest BCUT2D eigenvalue weighted by Crippen LogP contribution is 2.31. The number of nitrogens with zero attached hydrogens (tertiary/aromatic N) is 1. The van der Waals surface area contributed by atoms with Crippen molar-refractivity contribution in [1.29, 1.82) is 0 Å². The van der Waals surface area contributed by atoms with E-state index < -0.39 is 10.0 Å². The van der Waals surface area contributed by atoms with E-state index in [4.69, 9.17) is 27.9 Å². The molecule has 1 aliphatic heterocycles. The summed E-state index contributed by atoms with van der Waals surface area (Å²) >= 11 is 11.8. The van der Waals surface area contributed by atoms with Crippen LogP contribution < -0.4 is 0 Å². The van der Waals surface area contributed by atoms with E-state index in [-0.39, 0.29) is 16.0 Å². The molecule has 1 unspecified atom stereocenters. The summed E-state index contributed by atoms with van der Waals surface area (Å²) in [6, 6.07) is 4.29. The summed E-state index contributed by atoms with van der Waals surface area (Å²) in [4.78, 5) is 0.0987. The third-order valence-electron chi connectivity index (χ3n) is 3.16. The molecule has 2 rings (SSSR count). The smallest absolute Gasteiger partial charge is 0.244 e. The van der Waals surface area contributed by atoms with Gasteiger partial charge in [0.15, 0.2) is 0 Å². The molecule has 4 nitrogen and oxygen atoms in total. The van der Waals surface area contributed by atoms with Gasteiger partial charge in [-0.2, -0.15) is 4.31 Å². The summed E-state index contributed by atoms with van der Waals surface area (Å²) in [6.45, 7) is 0.889. The lowest BCUT2D eigenvalue weighted by atomic mass is 10.2. The highest BCUT2D eigenvalue weighted by Gasteiger charge is 2.36. The van der Waals surface area contributed by atoms with Gasteiger partial charge in [-0.3, -0.25) is 0 Å². The lowest BCUT2D eigenvalue weighted by molar-refractivity contribution is 0.149. The Hall–Kier alpha value is -0.330. The van der Waals surface area contributed by atoms with Gasteiger partial charge < -0.3 is 4.74 Å². The predicted octanol–water partition coefficient (Wildman–Crippen LogP) is 2.79. The molecule has 7 heteroatoms. The van der Waals surface area contributed by atoms with E-state index in [1.807, 2.05) is 0 Å². The number of ether oxygens (including phenoxy) is 1. The summed E-state index contributed by atoms with van der Waals surface area (Å²) in [6.07, 6.45) is 1.64. The highest BCUT2D eigenvalue weighted by molar-refractivity contribution is 7.89. The Kier molecular flexibility index (Phi) is 4.74. The molecule has 1 aliphatic rings. The lowest BCUT2D eigenvalue weighted by Gasteiger charge is -2.23. The van der Waals surface area contributed by atoms with Gasteiger partial charge in [0.25, 0.3) is 0 Å². The minimum Gasteiger partial charge on any atom is -0.383 e. The fourth-order valence-corrected chi connectivity index (χ4v) is 4.72. The van der Waals surface area contributed by atoms with Gasteiger partial charge in [-0.15, -0.1) is 0 Å². The van der Waals surface area contributed by atoms with Crippen molar-refractivity contribution in [2.75, 3.05) is 20.3 Å². The van der Waals surface area contributed by atoms with Crippen LogP contribution in [-0.2, 0) is 14.8 Å². The van der Waals surface area contributed by atoms with E-state index in [9.17, 15) is 8.42 Å². The maximum atomic E-state index is 12.6. The van der Waals surface area contributed by atoms with Crippen molar-refractivity contribution in [2.24, 2.45) is 0 Å². The number of hydrogen-bond acceptors (Lipinski definition) is 3. The molecule has 0 aliphatic carbocycles. The van der Waals surface area contributed by atoms with Crippen LogP contribution in [0.15, 0.2) is 23.1 Å². The first-order valence-electron chi connectivity index (χ1n) is 5.92. The molecule has 0 amide bonds. The monoisotopic (exact) mass is 323 g/mol. The van der Waals surface area contributed by atoms with Crippen molar-refractivity contribution in [1.82, 2.24) is 4.31 Å². The lowest BCUT2D eigenvalue weighted by Crippen LogP contribution is -2.38. The van der Waals surface area contributed by atoms with Gasteiger partial charge in [0.05, 0.1) is 11.6 Å². The zero-order valence-electron chi connectivity index (χ0n) is 10.5. The Balaban J connectivity index is 2.36. The van der Waals surface area contributed by atoms with E-state index in [0.29, 0.717) is 18.2 Å². The van der Waals surface area contributed by atoms with E-state index in [2.05, 4.69) is 0 Å². The van der Waals surface area contributed by atoms with E-state index in [0.717, 1.165) is 12.8 Å². The van der Waals surface area contributed by atoms with Crippen molar-refractivity contribution in [3.63, 3.8) is 0 Å². The highest BCUT2D eigenvalue weighted by atomic mass is 35.5. The van der Waals surface area contributed by atoms with Crippen molar-refractivity contribution < 1.29 is 13.2 Å². The minimum atomic E-state index is -3.59. The first-order valence-corrected chi connectivity index (χ1v) is 8.12. The molecule has 0 bridgehead atoms. The third-order valence-corrected chi connectivity index (χ3v) is 5.83. The van der Waals surface area contributed by atoms with Crippen LogP contribution in [-0.4, -0.2) is 39.0 Å². The molecule has 1 saturated heterocycles. The standard InChI is InChI=1S/C12H15Cl2NO3S/c1-18-8-10-3-2-6-15(10)19(16,17)12-5-4-9(13)7-11(12)14/h4-5,7,10H,2-3,6,8H2,1H3. The second-order valence-corrected chi connectivity index (χ2v) is 7.14. The fourth-order valence-electron chi connectivity index (χ4n) is 2.30. The largest absolute Gasteiger partial charge is 0.383 e. The Morgan fingerprint density at radius 2 is 2.16 bits per heavy atom. The van der Waals surface area contributed by atoms with E-state index in [1.165, 1.54) is 22.5 Å². The van der Waals surface area contributed by atoms with Crippen molar-refractivity contribution >= 4 is 33.2 Å². The van der Waals surface area contributed by atoms with Crippen LogP contribution in [0.4, 0.5) is 0 Å². The molecule has 19 heavy (non-hydrogen) atoms. The van der Waals surface area contributed by atoms with E-state index >= 15 is 0 Å². The van der Waals surface area contributed by atoms with Gasteiger partial charge in [-0.05, 0) is 31.0 Å². The second kappa shape index (κ2) is 5.97. The number of rotatable bonds is 4. The average molecular weight is 324 g/mol. The molecule has 0 radical (unpaired) electrons. The summed E-state index contributed by atoms with van der Waals surface area (Å²) in [5, 5.41) is 0.564. The van der Waals surface area contributed by atoms with Crippen LogP contribution in [0.5, 0.6) is 0 Å². The van der Waals surface area contributed by atoms with Crippen molar-refractivity contribution in [3.8, 4) is 0 Å². The average Bonchev–Trinajstić information content (AvgIpc) is 2.78. The van der Waals surface area contributed by atoms with Crippen LogP contribution in [0.2, 0.25) is 10.0 Å². The first-order chi connectivity index (χ1) is 8.96. The molecule has 0 spiro atoms. The molecule has 1 aromatic carbocycles. The van der Waals surface area contributed by atoms with E-state index in [1.54, 1.807) is 7.11 Å².